The monoisotopic (exact) mass is 228 g/mol. The van der Waals surface area contributed by atoms with Crippen molar-refractivity contribution in [1.29, 1.82) is 0 Å². The van der Waals surface area contributed by atoms with Crippen molar-refractivity contribution in [2.24, 2.45) is 5.73 Å². The average molecular weight is 229 g/mol. The van der Waals surface area contributed by atoms with Crippen LogP contribution < -0.4 is 11.1 Å². The first kappa shape index (κ1) is 12.0. The average Bonchev–Trinajstić information content (AvgIpc) is 2.20. The summed E-state index contributed by atoms with van der Waals surface area (Å²) < 4.78 is 0. The number of hydrogen-bond donors (Lipinski definition) is 3. The summed E-state index contributed by atoms with van der Waals surface area (Å²) in [6.45, 7) is 1.14. The van der Waals surface area contributed by atoms with Crippen LogP contribution in [0, 0.1) is 0 Å². The van der Waals surface area contributed by atoms with Gasteiger partial charge in [0.15, 0.2) is 0 Å². The molecule has 82 valence electrons. The van der Waals surface area contributed by atoms with Crippen molar-refractivity contribution >= 4 is 17.5 Å². The lowest BCUT2D eigenvalue weighted by atomic mass is 10.1. The summed E-state index contributed by atoms with van der Waals surface area (Å²) in [4.78, 5) is 10.8. The molecule has 0 radical (unpaired) electrons. The third kappa shape index (κ3) is 3.51. The zero-order valence-corrected chi connectivity index (χ0v) is 8.92. The van der Waals surface area contributed by atoms with Crippen LogP contribution in [-0.4, -0.2) is 24.2 Å². The zero-order chi connectivity index (χ0) is 11.3. The minimum atomic E-state index is -0.494. The molecule has 15 heavy (non-hydrogen) atoms. The predicted octanol–water partition coefficient (Wildman–Crippen LogP) is 0.521. The topological polar surface area (TPSA) is 75.4 Å². The van der Waals surface area contributed by atoms with Crippen LogP contribution in [0.15, 0.2) is 18.2 Å². The van der Waals surface area contributed by atoms with E-state index in [1.165, 1.54) is 0 Å². The molecule has 0 heterocycles. The molecule has 1 rings (SSSR count). The molecule has 0 aromatic heterocycles. The van der Waals surface area contributed by atoms with Crippen molar-refractivity contribution in [1.82, 2.24) is 5.32 Å². The highest BCUT2D eigenvalue weighted by Crippen LogP contribution is 2.17. The molecular formula is C10H13ClN2O2. The Kier molecular flexibility index (Phi) is 4.55. The summed E-state index contributed by atoms with van der Waals surface area (Å²) in [5.74, 6) is -0.494. The third-order valence-corrected chi connectivity index (χ3v) is 2.29. The summed E-state index contributed by atoms with van der Waals surface area (Å²) in [5.41, 5.74) is 6.37. The van der Waals surface area contributed by atoms with Crippen molar-refractivity contribution in [3.63, 3.8) is 0 Å². The lowest BCUT2D eigenvalue weighted by Crippen LogP contribution is -2.18. The van der Waals surface area contributed by atoms with E-state index in [0.29, 0.717) is 23.7 Å². The van der Waals surface area contributed by atoms with Gasteiger partial charge < -0.3 is 16.2 Å². The Hall–Kier alpha value is -1.10. The van der Waals surface area contributed by atoms with Crippen molar-refractivity contribution in [2.75, 3.05) is 13.2 Å². The third-order valence-electron chi connectivity index (χ3n) is 1.94. The Morgan fingerprint density at radius 1 is 1.53 bits per heavy atom. The molecule has 0 bridgehead atoms. The molecule has 0 aliphatic carbocycles. The lowest BCUT2D eigenvalue weighted by molar-refractivity contribution is 0.100. The van der Waals surface area contributed by atoms with Gasteiger partial charge in [0.05, 0.1) is 6.61 Å². The molecular weight excluding hydrogens is 216 g/mol. The number of amides is 1. The molecule has 1 aromatic rings. The standard InChI is InChI=1S/C10H13ClN2O2/c11-9-5-7(10(12)15)1-2-8(9)6-13-3-4-14/h1-2,5,13-14H,3-4,6H2,(H2,12,15). The Labute approximate surface area is 93.0 Å². The number of carbonyl (C=O) groups is 1. The van der Waals surface area contributed by atoms with Gasteiger partial charge in [0.2, 0.25) is 5.91 Å². The van der Waals surface area contributed by atoms with Crippen molar-refractivity contribution in [3.8, 4) is 0 Å². The molecule has 0 unspecified atom stereocenters. The first-order chi connectivity index (χ1) is 7.15. The maximum Gasteiger partial charge on any atom is 0.248 e. The fourth-order valence-electron chi connectivity index (χ4n) is 1.15. The summed E-state index contributed by atoms with van der Waals surface area (Å²) >= 11 is 5.94. The van der Waals surface area contributed by atoms with E-state index in [1.54, 1.807) is 18.2 Å². The summed E-state index contributed by atoms with van der Waals surface area (Å²) in [5, 5.41) is 12.1. The van der Waals surface area contributed by atoms with Crippen LogP contribution in [0.5, 0.6) is 0 Å². The molecule has 5 heteroatoms. The van der Waals surface area contributed by atoms with Gasteiger partial charge in [0.1, 0.15) is 0 Å². The summed E-state index contributed by atoms with van der Waals surface area (Å²) in [6, 6.07) is 4.91. The number of halogens is 1. The number of nitrogens with two attached hydrogens (primary N) is 1. The Morgan fingerprint density at radius 2 is 2.27 bits per heavy atom. The van der Waals surface area contributed by atoms with Gasteiger partial charge in [-0.2, -0.15) is 0 Å². The van der Waals surface area contributed by atoms with Crippen LogP contribution in [0.4, 0.5) is 0 Å². The first-order valence-corrected chi connectivity index (χ1v) is 4.92. The second-order valence-corrected chi connectivity index (χ2v) is 3.48. The van der Waals surface area contributed by atoms with Gasteiger partial charge in [-0.3, -0.25) is 4.79 Å². The summed E-state index contributed by atoms with van der Waals surface area (Å²) in [6.07, 6.45) is 0. The highest BCUT2D eigenvalue weighted by molar-refractivity contribution is 6.31. The van der Waals surface area contributed by atoms with Crippen molar-refractivity contribution in [2.45, 2.75) is 6.54 Å². The Bertz CT molecular complexity index is 355. The number of nitrogens with one attached hydrogen (secondary N) is 1. The van der Waals surface area contributed by atoms with E-state index >= 15 is 0 Å². The zero-order valence-electron chi connectivity index (χ0n) is 8.16. The second-order valence-electron chi connectivity index (χ2n) is 3.07. The van der Waals surface area contributed by atoms with Crippen LogP contribution in [0.3, 0.4) is 0 Å². The molecule has 0 fully saturated rings. The van der Waals surface area contributed by atoms with E-state index in [-0.39, 0.29) is 6.61 Å². The van der Waals surface area contributed by atoms with Gasteiger partial charge in [-0.05, 0) is 17.7 Å². The van der Waals surface area contributed by atoms with E-state index in [4.69, 9.17) is 22.4 Å². The molecule has 0 spiro atoms. The number of carbonyl (C=O) groups excluding carboxylic acids is 1. The Morgan fingerprint density at radius 3 is 2.80 bits per heavy atom. The van der Waals surface area contributed by atoms with Crippen LogP contribution >= 0.6 is 11.6 Å². The van der Waals surface area contributed by atoms with Crippen LogP contribution in [0.2, 0.25) is 5.02 Å². The van der Waals surface area contributed by atoms with Gasteiger partial charge in [-0.1, -0.05) is 17.7 Å². The lowest BCUT2D eigenvalue weighted by Gasteiger charge is -2.06. The van der Waals surface area contributed by atoms with Crippen molar-refractivity contribution < 1.29 is 9.90 Å². The number of benzene rings is 1. The number of aliphatic hydroxyl groups excluding tert-OH is 1. The molecule has 4 nitrogen and oxygen atoms in total. The van der Waals surface area contributed by atoms with Crippen LogP contribution in [0.25, 0.3) is 0 Å². The number of hydrogen-bond acceptors (Lipinski definition) is 3. The fourth-order valence-corrected chi connectivity index (χ4v) is 1.39. The summed E-state index contributed by atoms with van der Waals surface area (Å²) in [7, 11) is 0. The van der Waals surface area contributed by atoms with E-state index in [2.05, 4.69) is 5.32 Å². The highest BCUT2D eigenvalue weighted by atomic mass is 35.5. The van der Waals surface area contributed by atoms with E-state index in [0.717, 1.165) is 5.56 Å². The van der Waals surface area contributed by atoms with Gasteiger partial charge in [0, 0.05) is 23.7 Å². The molecule has 0 saturated heterocycles. The van der Waals surface area contributed by atoms with E-state index in [9.17, 15) is 4.79 Å². The second kappa shape index (κ2) is 5.70. The van der Waals surface area contributed by atoms with E-state index in [1.807, 2.05) is 0 Å². The number of aliphatic hydroxyl groups is 1. The van der Waals surface area contributed by atoms with Gasteiger partial charge >= 0.3 is 0 Å². The van der Waals surface area contributed by atoms with E-state index < -0.39 is 5.91 Å². The largest absolute Gasteiger partial charge is 0.395 e. The maximum absolute atomic E-state index is 10.8. The molecule has 1 aromatic carbocycles. The predicted molar refractivity (Wildman–Crippen MR) is 58.8 cm³/mol. The smallest absolute Gasteiger partial charge is 0.248 e. The van der Waals surface area contributed by atoms with Crippen LogP contribution in [-0.2, 0) is 6.54 Å². The van der Waals surface area contributed by atoms with Crippen LogP contribution in [0.1, 0.15) is 15.9 Å². The first-order valence-electron chi connectivity index (χ1n) is 4.55. The fraction of sp³-hybridized carbons (Fsp3) is 0.300. The minimum Gasteiger partial charge on any atom is -0.395 e. The molecule has 0 aliphatic heterocycles. The quantitative estimate of drug-likeness (QED) is 0.644. The highest BCUT2D eigenvalue weighted by Gasteiger charge is 2.04. The minimum absolute atomic E-state index is 0.0803. The SMILES string of the molecule is NC(=O)c1ccc(CNCCO)c(Cl)c1. The maximum atomic E-state index is 10.8. The van der Waals surface area contributed by atoms with Crippen molar-refractivity contribution in [3.05, 3.63) is 34.3 Å². The normalized spacial score (nSPS) is 10.3. The van der Waals surface area contributed by atoms with Gasteiger partial charge in [0.25, 0.3) is 0 Å². The Balaban J connectivity index is 2.70. The number of primary amides is 1. The molecule has 4 N–H and O–H groups in total. The molecule has 1 amide bonds. The number of rotatable bonds is 5. The van der Waals surface area contributed by atoms with Gasteiger partial charge in [-0.25, -0.2) is 0 Å². The molecule has 0 saturated carbocycles. The molecule has 0 atom stereocenters. The van der Waals surface area contributed by atoms with Gasteiger partial charge in [-0.15, -0.1) is 0 Å². The molecule has 0 aliphatic rings.